The van der Waals surface area contributed by atoms with Crippen LogP contribution in [-0.2, 0) is 9.59 Å². The van der Waals surface area contributed by atoms with Gasteiger partial charge in [0, 0.05) is 25.0 Å². The van der Waals surface area contributed by atoms with Crippen molar-refractivity contribution in [1.29, 1.82) is 0 Å². The molecule has 1 aromatic heterocycles. The number of imidazole rings is 1. The fraction of sp³-hybridized carbons (Fsp3) is 0.550. The van der Waals surface area contributed by atoms with Crippen LogP contribution in [0.15, 0.2) is 24.3 Å². The molecule has 4 rings (SSSR count). The van der Waals surface area contributed by atoms with Gasteiger partial charge >= 0.3 is 5.97 Å². The Kier molecular flexibility index (Phi) is 4.01. The number of para-hydroxylation sites is 2. The van der Waals surface area contributed by atoms with Crippen molar-refractivity contribution in [2.45, 2.75) is 51.5 Å². The SMILES string of the molecule is CC(C)n1c([C@@H]2CCCN(C(=O)C3(C(=O)O)CC3)C2)nc2ccccc21. The molecule has 1 aliphatic heterocycles. The predicted octanol–water partition coefficient (Wildman–Crippen LogP) is 3.19. The zero-order valence-corrected chi connectivity index (χ0v) is 15.3. The summed E-state index contributed by atoms with van der Waals surface area (Å²) >= 11 is 0. The van der Waals surface area contributed by atoms with Crippen molar-refractivity contribution in [1.82, 2.24) is 14.5 Å². The number of aliphatic carboxylic acids is 1. The summed E-state index contributed by atoms with van der Waals surface area (Å²) in [6.07, 6.45) is 2.78. The standard InChI is InChI=1S/C20H25N3O3/c1-13(2)23-16-8-4-3-7-15(16)21-17(23)14-6-5-11-22(12-14)18(24)20(9-10-20)19(25)26/h3-4,7-8,13-14H,5-6,9-12H2,1-2H3,(H,25,26)/t14-/m1/s1. The highest BCUT2D eigenvalue weighted by Gasteiger charge is 2.58. The zero-order chi connectivity index (χ0) is 18.5. The molecule has 0 spiro atoms. The largest absolute Gasteiger partial charge is 0.480 e. The third-order valence-electron chi connectivity index (χ3n) is 5.78. The summed E-state index contributed by atoms with van der Waals surface area (Å²) in [7, 11) is 0. The van der Waals surface area contributed by atoms with Gasteiger partial charge in [-0.25, -0.2) is 4.98 Å². The summed E-state index contributed by atoms with van der Waals surface area (Å²) in [6, 6.07) is 8.39. The van der Waals surface area contributed by atoms with Crippen molar-refractivity contribution in [2.24, 2.45) is 5.41 Å². The van der Waals surface area contributed by atoms with E-state index in [1.807, 2.05) is 18.2 Å². The lowest BCUT2D eigenvalue weighted by Crippen LogP contribution is -2.45. The highest BCUT2D eigenvalue weighted by molar-refractivity contribution is 6.04. The maximum atomic E-state index is 12.8. The fourth-order valence-electron chi connectivity index (χ4n) is 4.21. The Balaban J connectivity index is 1.65. The summed E-state index contributed by atoms with van der Waals surface area (Å²) in [5.74, 6) is -0.0214. The van der Waals surface area contributed by atoms with Gasteiger partial charge in [0.1, 0.15) is 11.2 Å². The first-order valence-electron chi connectivity index (χ1n) is 9.43. The van der Waals surface area contributed by atoms with Crippen LogP contribution in [0.1, 0.15) is 57.3 Å². The number of rotatable bonds is 4. The Morgan fingerprint density at radius 1 is 1.27 bits per heavy atom. The second kappa shape index (κ2) is 6.11. The molecule has 1 aliphatic carbocycles. The van der Waals surface area contributed by atoms with Crippen LogP contribution in [0.2, 0.25) is 0 Å². The number of piperidine rings is 1. The topological polar surface area (TPSA) is 75.4 Å². The number of aromatic nitrogens is 2. The van der Waals surface area contributed by atoms with Crippen LogP contribution in [0, 0.1) is 5.41 Å². The van der Waals surface area contributed by atoms with Gasteiger partial charge in [0.15, 0.2) is 0 Å². The minimum Gasteiger partial charge on any atom is -0.480 e. The van der Waals surface area contributed by atoms with Crippen LogP contribution < -0.4 is 0 Å². The number of fused-ring (bicyclic) bond motifs is 1. The first-order chi connectivity index (χ1) is 12.4. The van der Waals surface area contributed by atoms with Gasteiger partial charge in [-0.05, 0) is 51.7 Å². The van der Waals surface area contributed by atoms with E-state index in [1.165, 1.54) is 0 Å². The van der Waals surface area contributed by atoms with Gasteiger partial charge in [-0.2, -0.15) is 0 Å². The molecule has 6 nitrogen and oxygen atoms in total. The van der Waals surface area contributed by atoms with E-state index in [0.29, 0.717) is 25.9 Å². The van der Waals surface area contributed by atoms with Crippen LogP contribution in [0.4, 0.5) is 0 Å². The Morgan fingerprint density at radius 3 is 2.65 bits per heavy atom. The molecule has 0 unspecified atom stereocenters. The molecule has 2 fully saturated rings. The molecule has 0 radical (unpaired) electrons. The molecule has 6 heteroatoms. The zero-order valence-electron chi connectivity index (χ0n) is 15.3. The van der Waals surface area contributed by atoms with Crippen molar-refractivity contribution < 1.29 is 14.7 Å². The molecule has 1 saturated carbocycles. The number of hydrogen-bond donors (Lipinski definition) is 1. The number of hydrogen-bond acceptors (Lipinski definition) is 3. The third-order valence-corrected chi connectivity index (χ3v) is 5.78. The summed E-state index contributed by atoms with van der Waals surface area (Å²) < 4.78 is 2.26. The van der Waals surface area contributed by atoms with Crippen LogP contribution in [0.25, 0.3) is 11.0 Å². The average Bonchev–Trinajstić information content (AvgIpc) is 3.35. The fourth-order valence-corrected chi connectivity index (χ4v) is 4.21. The van der Waals surface area contributed by atoms with Crippen LogP contribution >= 0.6 is 0 Å². The summed E-state index contributed by atoms with van der Waals surface area (Å²) in [5, 5.41) is 9.44. The summed E-state index contributed by atoms with van der Waals surface area (Å²) in [5.41, 5.74) is 0.939. The number of amides is 1. The van der Waals surface area contributed by atoms with Gasteiger partial charge < -0.3 is 14.6 Å². The first-order valence-corrected chi connectivity index (χ1v) is 9.43. The monoisotopic (exact) mass is 355 g/mol. The molecule has 2 aliphatic rings. The number of carboxylic acids is 1. The maximum Gasteiger partial charge on any atom is 0.319 e. The molecular formula is C20H25N3O3. The third kappa shape index (κ3) is 2.59. The minimum atomic E-state index is -1.15. The quantitative estimate of drug-likeness (QED) is 0.855. The van der Waals surface area contributed by atoms with Crippen LogP contribution in [-0.4, -0.2) is 44.5 Å². The van der Waals surface area contributed by atoms with Crippen molar-refractivity contribution in [3.05, 3.63) is 30.1 Å². The maximum absolute atomic E-state index is 12.8. The van der Waals surface area contributed by atoms with Gasteiger partial charge in [0.2, 0.25) is 5.91 Å². The highest BCUT2D eigenvalue weighted by Crippen LogP contribution is 2.48. The normalized spacial score (nSPS) is 22.0. The lowest BCUT2D eigenvalue weighted by Gasteiger charge is -2.34. The molecule has 1 aromatic carbocycles. The van der Waals surface area contributed by atoms with Crippen molar-refractivity contribution in [3.63, 3.8) is 0 Å². The van der Waals surface area contributed by atoms with E-state index in [4.69, 9.17) is 4.98 Å². The number of carboxylic acid groups (broad SMARTS) is 1. The molecule has 1 saturated heterocycles. The van der Waals surface area contributed by atoms with Gasteiger partial charge in [-0.3, -0.25) is 9.59 Å². The van der Waals surface area contributed by atoms with E-state index < -0.39 is 11.4 Å². The van der Waals surface area contributed by atoms with E-state index >= 15 is 0 Å². The van der Waals surface area contributed by atoms with Crippen molar-refractivity contribution in [3.8, 4) is 0 Å². The van der Waals surface area contributed by atoms with E-state index in [2.05, 4.69) is 24.5 Å². The summed E-state index contributed by atoms with van der Waals surface area (Å²) in [4.78, 5) is 31.0. The molecule has 138 valence electrons. The first kappa shape index (κ1) is 17.1. The van der Waals surface area contributed by atoms with Gasteiger partial charge in [-0.15, -0.1) is 0 Å². The lowest BCUT2D eigenvalue weighted by atomic mass is 9.94. The number of carbonyl (C=O) groups is 2. The highest BCUT2D eigenvalue weighted by atomic mass is 16.4. The Labute approximate surface area is 152 Å². The van der Waals surface area contributed by atoms with Gasteiger partial charge in [-0.1, -0.05) is 12.1 Å². The van der Waals surface area contributed by atoms with Gasteiger partial charge in [0.05, 0.1) is 11.0 Å². The van der Waals surface area contributed by atoms with E-state index in [9.17, 15) is 14.7 Å². The van der Waals surface area contributed by atoms with Crippen LogP contribution in [0.5, 0.6) is 0 Å². The molecule has 26 heavy (non-hydrogen) atoms. The second-order valence-corrected chi connectivity index (χ2v) is 7.90. The molecular weight excluding hydrogens is 330 g/mol. The lowest BCUT2D eigenvalue weighted by molar-refractivity contribution is -0.154. The van der Waals surface area contributed by atoms with E-state index in [1.54, 1.807) is 4.90 Å². The summed E-state index contributed by atoms with van der Waals surface area (Å²) in [6.45, 7) is 5.50. The molecule has 1 N–H and O–H groups in total. The Morgan fingerprint density at radius 2 is 2.00 bits per heavy atom. The number of benzene rings is 1. The molecule has 1 amide bonds. The van der Waals surface area contributed by atoms with Crippen molar-refractivity contribution >= 4 is 22.9 Å². The predicted molar refractivity (Wildman–Crippen MR) is 98.0 cm³/mol. The Bertz CT molecular complexity index is 866. The molecule has 2 heterocycles. The Hall–Kier alpha value is -2.37. The van der Waals surface area contributed by atoms with Gasteiger partial charge in [0.25, 0.3) is 0 Å². The van der Waals surface area contributed by atoms with Crippen LogP contribution in [0.3, 0.4) is 0 Å². The number of likely N-dealkylation sites (tertiary alicyclic amines) is 1. The number of nitrogens with zero attached hydrogens (tertiary/aromatic N) is 3. The minimum absolute atomic E-state index is 0.145. The van der Waals surface area contributed by atoms with E-state index in [0.717, 1.165) is 29.7 Å². The molecule has 0 bridgehead atoms. The number of carbonyl (C=O) groups excluding carboxylic acids is 1. The van der Waals surface area contributed by atoms with Crippen molar-refractivity contribution in [2.75, 3.05) is 13.1 Å². The molecule has 1 atom stereocenters. The molecule has 2 aromatic rings. The smallest absolute Gasteiger partial charge is 0.319 e. The van der Waals surface area contributed by atoms with E-state index in [-0.39, 0.29) is 17.9 Å². The second-order valence-electron chi connectivity index (χ2n) is 7.90. The average molecular weight is 355 g/mol.